The molecule has 1 aromatic heterocycles. The topological polar surface area (TPSA) is 52.1 Å². The number of carbonyl (C=O) groups excluding carboxylic acids is 1. The average molecular weight is 455 g/mol. The number of unbranched alkanes of at least 4 members (excludes halogenated alkanes) is 5. The number of rotatable bonds is 12. The second kappa shape index (κ2) is 13.4. The average Bonchev–Trinajstić information content (AvgIpc) is 2.84. The van der Waals surface area contributed by atoms with Crippen molar-refractivity contribution in [3.05, 3.63) is 47.5 Å². The minimum absolute atomic E-state index is 0.0173. The van der Waals surface area contributed by atoms with E-state index >= 15 is 0 Å². The number of ether oxygens (including phenoxy) is 1. The number of nitrogens with zero attached hydrogens (tertiary/aromatic N) is 2. The fraction of sp³-hybridized carbons (Fsp3) is 0.607. The van der Waals surface area contributed by atoms with Crippen LogP contribution in [0.15, 0.2) is 30.6 Å². The van der Waals surface area contributed by atoms with Crippen LogP contribution in [0.4, 0.5) is 4.39 Å². The largest absolute Gasteiger partial charge is 0.459 e. The van der Waals surface area contributed by atoms with Crippen LogP contribution in [-0.4, -0.2) is 22.0 Å². The van der Waals surface area contributed by atoms with Gasteiger partial charge in [-0.3, -0.25) is 0 Å². The van der Waals surface area contributed by atoms with Crippen molar-refractivity contribution in [1.29, 1.82) is 0 Å². The highest BCUT2D eigenvalue weighted by Crippen LogP contribution is 2.31. The van der Waals surface area contributed by atoms with Gasteiger partial charge in [0, 0.05) is 18.0 Å². The second-order valence-corrected chi connectivity index (χ2v) is 9.46. The normalized spacial score (nSPS) is 18.3. The molecule has 1 heterocycles. The Morgan fingerprint density at radius 2 is 1.67 bits per heavy atom. The highest BCUT2D eigenvalue weighted by molar-refractivity contribution is 5.90. The molecule has 0 N–H and O–H groups in total. The summed E-state index contributed by atoms with van der Waals surface area (Å²) in [6.45, 7) is 4.39. The van der Waals surface area contributed by atoms with Gasteiger partial charge in [0.25, 0.3) is 0 Å². The quantitative estimate of drug-likeness (QED) is 0.243. The van der Waals surface area contributed by atoms with Crippen LogP contribution < -0.4 is 0 Å². The van der Waals surface area contributed by atoms with Crippen LogP contribution in [0.1, 0.15) is 107 Å². The number of benzene rings is 1. The van der Waals surface area contributed by atoms with E-state index in [4.69, 9.17) is 4.74 Å². The summed E-state index contributed by atoms with van der Waals surface area (Å²) in [6.07, 6.45) is 18.4. The van der Waals surface area contributed by atoms with Gasteiger partial charge in [-0.1, -0.05) is 64.9 Å². The molecule has 0 atom stereocenters. The third-order valence-corrected chi connectivity index (χ3v) is 6.75. The molecule has 1 saturated carbocycles. The first-order valence-electron chi connectivity index (χ1n) is 12.9. The molecular weight excluding hydrogens is 415 g/mol. The number of hydrogen-bond donors (Lipinski definition) is 0. The molecular formula is C28H39FN2O2. The van der Waals surface area contributed by atoms with Gasteiger partial charge >= 0.3 is 5.97 Å². The third kappa shape index (κ3) is 7.90. The first-order chi connectivity index (χ1) is 16.1. The van der Waals surface area contributed by atoms with Gasteiger partial charge in [0.15, 0.2) is 5.82 Å². The van der Waals surface area contributed by atoms with E-state index < -0.39 is 11.8 Å². The molecule has 3 rings (SSSR count). The minimum atomic E-state index is -0.586. The molecule has 1 fully saturated rings. The molecule has 0 spiro atoms. The summed E-state index contributed by atoms with van der Waals surface area (Å²) >= 11 is 0. The van der Waals surface area contributed by atoms with Crippen molar-refractivity contribution >= 4 is 5.97 Å². The molecule has 5 heteroatoms. The second-order valence-electron chi connectivity index (χ2n) is 9.46. The van der Waals surface area contributed by atoms with Crippen molar-refractivity contribution in [3.63, 3.8) is 0 Å². The summed E-state index contributed by atoms with van der Waals surface area (Å²) in [5, 5.41) is 0. The van der Waals surface area contributed by atoms with Crippen molar-refractivity contribution in [2.24, 2.45) is 5.92 Å². The number of carbonyl (C=O) groups is 1. The van der Waals surface area contributed by atoms with Gasteiger partial charge in [0.2, 0.25) is 0 Å². The minimum Gasteiger partial charge on any atom is -0.459 e. The Kier molecular flexibility index (Phi) is 10.3. The molecule has 0 amide bonds. The highest BCUT2D eigenvalue weighted by Gasteiger charge is 2.25. The van der Waals surface area contributed by atoms with Gasteiger partial charge in [-0.2, -0.15) is 0 Å². The number of hydrogen-bond acceptors (Lipinski definition) is 4. The lowest BCUT2D eigenvalue weighted by Crippen LogP contribution is -2.25. The van der Waals surface area contributed by atoms with E-state index in [1.54, 1.807) is 18.5 Å². The maximum Gasteiger partial charge on any atom is 0.341 e. The number of esters is 1. The maximum atomic E-state index is 14.7. The van der Waals surface area contributed by atoms with E-state index in [0.717, 1.165) is 56.4 Å². The van der Waals surface area contributed by atoms with Gasteiger partial charge in [0.05, 0.1) is 5.56 Å². The summed E-state index contributed by atoms with van der Waals surface area (Å²) in [6, 6.07) is 4.51. The summed E-state index contributed by atoms with van der Waals surface area (Å²) in [5.74, 6) is 0.0443. The molecule has 2 aromatic rings. The van der Waals surface area contributed by atoms with Crippen molar-refractivity contribution < 1.29 is 13.9 Å². The zero-order valence-electron chi connectivity index (χ0n) is 20.3. The monoisotopic (exact) mass is 454 g/mol. The van der Waals surface area contributed by atoms with Gasteiger partial charge in [-0.25, -0.2) is 19.2 Å². The molecule has 180 valence electrons. The van der Waals surface area contributed by atoms with Crippen molar-refractivity contribution in [3.8, 4) is 11.4 Å². The summed E-state index contributed by atoms with van der Waals surface area (Å²) in [5.41, 5.74) is 1.62. The summed E-state index contributed by atoms with van der Waals surface area (Å²) in [4.78, 5) is 21.3. The Bertz CT molecular complexity index is 861. The first-order valence-corrected chi connectivity index (χ1v) is 12.9. The maximum absolute atomic E-state index is 14.7. The van der Waals surface area contributed by atoms with E-state index in [-0.39, 0.29) is 11.7 Å². The van der Waals surface area contributed by atoms with E-state index in [0.29, 0.717) is 11.4 Å². The van der Waals surface area contributed by atoms with Crippen LogP contribution in [0.3, 0.4) is 0 Å². The van der Waals surface area contributed by atoms with E-state index in [9.17, 15) is 9.18 Å². The Morgan fingerprint density at radius 3 is 2.33 bits per heavy atom. The summed E-state index contributed by atoms with van der Waals surface area (Å²) in [7, 11) is 0. The standard InChI is InChI=1S/C28H39FN2O2/c1-3-5-7-8-9-11-21-12-15-24(16-13-21)33-28(32)25-17-14-23(18-26(25)29)27-30-19-22(20-31-27)10-6-4-2/h14,17-21,24H,3-13,15-16H2,1-2H3. The van der Waals surface area contributed by atoms with Gasteiger partial charge < -0.3 is 4.74 Å². The zero-order valence-corrected chi connectivity index (χ0v) is 20.3. The number of aromatic nitrogens is 2. The van der Waals surface area contributed by atoms with Crippen LogP contribution >= 0.6 is 0 Å². The Labute approximate surface area is 198 Å². The summed E-state index contributed by atoms with van der Waals surface area (Å²) < 4.78 is 20.4. The molecule has 1 aliphatic rings. The molecule has 0 saturated heterocycles. The smallest absolute Gasteiger partial charge is 0.341 e. The Morgan fingerprint density at radius 1 is 0.970 bits per heavy atom. The van der Waals surface area contributed by atoms with Gasteiger partial charge in [-0.15, -0.1) is 0 Å². The molecule has 0 aliphatic heterocycles. The fourth-order valence-electron chi connectivity index (χ4n) is 4.62. The SMILES string of the molecule is CCCCCCCC1CCC(OC(=O)c2ccc(-c3ncc(CCCC)cn3)cc2F)CC1. The number of halogens is 1. The first kappa shape index (κ1) is 25.3. The van der Waals surface area contributed by atoms with Crippen molar-refractivity contribution in [1.82, 2.24) is 9.97 Å². The molecule has 1 aromatic carbocycles. The number of aryl methyl sites for hydroxylation is 1. The van der Waals surface area contributed by atoms with Crippen LogP contribution in [0, 0.1) is 11.7 Å². The van der Waals surface area contributed by atoms with Crippen LogP contribution in [-0.2, 0) is 11.2 Å². The molecule has 33 heavy (non-hydrogen) atoms. The lowest BCUT2D eigenvalue weighted by Gasteiger charge is -2.28. The Hall–Kier alpha value is -2.30. The van der Waals surface area contributed by atoms with Crippen molar-refractivity contribution in [2.45, 2.75) is 103 Å². The lowest BCUT2D eigenvalue weighted by molar-refractivity contribution is 0.0156. The van der Waals surface area contributed by atoms with E-state index in [1.807, 2.05) is 0 Å². The van der Waals surface area contributed by atoms with E-state index in [1.165, 1.54) is 50.7 Å². The molecule has 0 bridgehead atoms. The van der Waals surface area contributed by atoms with E-state index in [2.05, 4.69) is 23.8 Å². The Balaban J connectivity index is 1.48. The van der Waals surface area contributed by atoms with Gasteiger partial charge in [-0.05, 0) is 62.1 Å². The molecule has 0 radical (unpaired) electrons. The third-order valence-electron chi connectivity index (χ3n) is 6.75. The van der Waals surface area contributed by atoms with Gasteiger partial charge in [0.1, 0.15) is 11.9 Å². The predicted octanol–water partition coefficient (Wildman–Crippen LogP) is 7.70. The van der Waals surface area contributed by atoms with Crippen LogP contribution in [0.2, 0.25) is 0 Å². The fourth-order valence-corrected chi connectivity index (χ4v) is 4.62. The van der Waals surface area contributed by atoms with Crippen LogP contribution in [0.5, 0.6) is 0 Å². The predicted molar refractivity (Wildman–Crippen MR) is 131 cm³/mol. The zero-order chi connectivity index (χ0) is 23.5. The molecule has 0 unspecified atom stereocenters. The van der Waals surface area contributed by atoms with Crippen LogP contribution in [0.25, 0.3) is 11.4 Å². The lowest BCUT2D eigenvalue weighted by atomic mass is 9.84. The van der Waals surface area contributed by atoms with Crippen molar-refractivity contribution in [2.75, 3.05) is 0 Å². The molecule has 1 aliphatic carbocycles. The highest BCUT2D eigenvalue weighted by atomic mass is 19.1. The molecule has 4 nitrogen and oxygen atoms in total.